The third-order valence-electron chi connectivity index (χ3n) is 2.62. The summed E-state index contributed by atoms with van der Waals surface area (Å²) in [6.07, 6.45) is 1.32. The number of aromatic nitrogens is 2. The van der Waals surface area contributed by atoms with E-state index in [1.807, 2.05) is 13.0 Å². The molecule has 5 nitrogen and oxygen atoms in total. The Balaban J connectivity index is 2.51. The van der Waals surface area contributed by atoms with Gasteiger partial charge in [0.25, 0.3) is 5.56 Å². The maximum absolute atomic E-state index is 12.0. The summed E-state index contributed by atoms with van der Waals surface area (Å²) < 4.78 is 1.33. The molecule has 0 aliphatic heterocycles. The number of carboxylic acid groups (broad SMARTS) is 1. The first-order valence-corrected chi connectivity index (χ1v) is 5.26. The van der Waals surface area contributed by atoms with E-state index in [4.69, 9.17) is 5.11 Å². The van der Waals surface area contributed by atoms with Gasteiger partial charge >= 0.3 is 5.97 Å². The Kier molecular flexibility index (Phi) is 2.91. The van der Waals surface area contributed by atoms with Gasteiger partial charge in [0.2, 0.25) is 0 Å². The summed E-state index contributed by atoms with van der Waals surface area (Å²) in [5, 5.41) is 9.11. The van der Waals surface area contributed by atoms with Crippen molar-refractivity contribution in [1.82, 2.24) is 9.55 Å². The van der Waals surface area contributed by atoms with Gasteiger partial charge in [-0.25, -0.2) is 4.98 Å². The number of carbonyl (C=O) groups is 1. The molecule has 0 atom stereocenters. The smallest absolute Gasteiger partial charge is 0.305 e. The molecule has 0 spiro atoms. The van der Waals surface area contributed by atoms with Gasteiger partial charge in [-0.05, 0) is 18.6 Å². The number of hydrogen-bond acceptors (Lipinski definition) is 3. The van der Waals surface area contributed by atoms with Crippen molar-refractivity contribution in [2.45, 2.75) is 19.9 Å². The zero-order valence-corrected chi connectivity index (χ0v) is 9.38. The average Bonchev–Trinajstić information content (AvgIpc) is 2.29. The number of hydrogen-bond donors (Lipinski definition) is 1. The minimum absolute atomic E-state index is 0.0844. The molecule has 0 radical (unpaired) electrons. The molecule has 0 amide bonds. The molecule has 0 aliphatic rings. The highest BCUT2D eigenvalue weighted by Gasteiger charge is 2.06. The van der Waals surface area contributed by atoms with Gasteiger partial charge < -0.3 is 5.11 Å². The van der Waals surface area contributed by atoms with Crippen molar-refractivity contribution in [3.63, 3.8) is 0 Å². The van der Waals surface area contributed by atoms with Crippen molar-refractivity contribution in [3.05, 3.63) is 40.4 Å². The van der Waals surface area contributed by atoms with Crippen LogP contribution < -0.4 is 5.56 Å². The van der Waals surface area contributed by atoms with Crippen LogP contribution in [0.4, 0.5) is 0 Å². The number of fused-ring (bicyclic) bond motifs is 1. The predicted molar refractivity (Wildman–Crippen MR) is 63.0 cm³/mol. The third-order valence-corrected chi connectivity index (χ3v) is 2.62. The van der Waals surface area contributed by atoms with E-state index in [0.29, 0.717) is 10.9 Å². The molecular weight excluding hydrogens is 220 g/mol. The quantitative estimate of drug-likeness (QED) is 0.862. The van der Waals surface area contributed by atoms with Crippen LogP contribution in [0.25, 0.3) is 10.9 Å². The summed E-state index contributed by atoms with van der Waals surface area (Å²) in [5.74, 6) is -0.929. The van der Waals surface area contributed by atoms with Crippen LogP contribution >= 0.6 is 0 Å². The highest BCUT2D eigenvalue weighted by atomic mass is 16.4. The van der Waals surface area contributed by atoms with E-state index in [1.54, 1.807) is 12.1 Å². The molecule has 5 heteroatoms. The van der Waals surface area contributed by atoms with E-state index in [-0.39, 0.29) is 18.5 Å². The Labute approximate surface area is 97.3 Å². The van der Waals surface area contributed by atoms with E-state index in [2.05, 4.69) is 4.98 Å². The Bertz CT molecular complexity index is 631. The number of benzene rings is 1. The molecule has 2 aromatic rings. The fourth-order valence-corrected chi connectivity index (χ4v) is 1.71. The Morgan fingerprint density at radius 2 is 2.24 bits per heavy atom. The van der Waals surface area contributed by atoms with Gasteiger partial charge in [0.1, 0.15) is 0 Å². The molecule has 17 heavy (non-hydrogen) atoms. The summed E-state index contributed by atoms with van der Waals surface area (Å²) in [4.78, 5) is 26.7. The lowest BCUT2D eigenvalue weighted by Crippen LogP contribution is -2.22. The number of para-hydroxylation sites is 1. The monoisotopic (exact) mass is 232 g/mol. The Morgan fingerprint density at radius 1 is 1.47 bits per heavy atom. The molecule has 0 aliphatic carbocycles. The SMILES string of the molecule is Cc1cccc2c(=O)n(CCC(=O)O)cnc12. The van der Waals surface area contributed by atoms with Gasteiger partial charge in [-0.1, -0.05) is 12.1 Å². The summed E-state index contributed by atoms with van der Waals surface area (Å²) in [6.45, 7) is 2.03. The van der Waals surface area contributed by atoms with Crippen molar-refractivity contribution in [3.8, 4) is 0 Å². The molecule has 0 saturated carbocycles. The molecule has 0 saturated heterocycles. The van der Waals surface area contributed by atoms with Crippen LogP contribution in [0.5, 0.6) is 0 Å². The lowest BCUT2D eigenvalue weighted by atomic mass is 10.1. The molecule has 2 rings (SSSR count). The first kappa shape index (κ1) is 11.3. The lowest BCUT2D eigenvalue weighted by Gasteiger charge is -2.05. The van der Waals surface area contributed by atoms with Crippen molar-refractivity contribution in [2.75, 3.05) is 0 Å². The molecule has 1 heterocycles. The summed E-state index contributed by atoms with van der Waals surface area (Å²) in [7, 11) is 0. The van der Waals surface area contributed by atoms with Crippen LogP contribution in [0, 0.1) is 6.92 Å². The molecule has 0 unspecified atom stereocenters. The van der Waals surface area contributed by atoms with Crippen LogP contribution in [-0.2, 0) is 11.3 Å². The molecule has 1 aromatic heterocycles. The zero-order valence-electron chi connectivity index (χ0n) is 9.38. The molecule has 88 valence electrons. The number of aliphatic carboxylic acids is 1. The molecule has 1 N–H and O–H groups in total. The first-order valence-electron chi connectivity index (χ1n) is 5.26. The second kappa shape index (κ2) is 4.37. The molecule has 1 aromatic carbocycles. The number of nitrogens with zero attached hydrogens (tertiary/aromatic N) is 2. The van der Waals surface area contributed by atoms with E-state index >= 15 is 0 Å². The summed E-state index contributed by atoms with van der Waals surface area (Å²) >= 11 is 0. The second-order valence-corrected chi connectivity index (χ2v) is 3.86. The van der Waals surface area contributed by atoms with Gasteiger partial charge in [-0.15, -0.1) is 0 Å². The van der Waals surface area contributed by atoms with Crippen molar-refractivity contribution < 1.29 is 9.90 Å². The second-order valence-electron chi connectivity index (χ2n) is 3.86. The fourth-order valence-electron chi connectivity index (χ4n) is 1.71. The molecule has 0 bridgehead atoms. The first-order chi connectivity index (χ1) is 8.09. The van der Waals surface area contributed by atoms with Crippen LogP contribution in [-0.4, -0.2) is 20.6 Å². The minimum Gasteiger partial charge on any atom is -0.481 e. The van der Waals surface area contributed by atoms with Gasteiger partial charge in [-0.2, -0.15) is 0 Å². The van der Waals surface area contributed by atoms with Gasteiger partial charge in [-0.3, -0.25) is 14.2 Å². The predicted octanol–water partition coefficient (Wildman–Crippen LogP) is 1.18. The van der Waals surface area contributed by atoms with Crippen LogP contribution in [0.3, 0.4) is 0 Å². The van der Waals surface area contributed by atoms with E-state index in [0.717, 1.165) is 5.56 Å². The standard InChI is InChI=1S/C12H12N2O3/c1-8-3-2-4-9-11(8)13-7-14(12(9)17)6-5-10(15)16/h2-4,7H,5-6H2,1H3,(H,15,16). The molecular formula is C12H12N2O3. The average molecular weight is 232 g/mol. The van der Waals surface area contributed by atoms with Gasteiger partial charge in [0.15, 0.2) is 0 Å². The van der Waals surface area contributed by atoms with E-state index < -0.39 is 5.97 Å². The largest absolute Gasteiger partial charge is 0.481 e. The van der Waals surface area contributed by atoms with E-state index in [1.165, 1.54) is 10.9 Å². The Hall–Kier alpha value is -2.17. The molecule has 0 fully saturated rings. The van der Waals surface area contributed by atoms with Crippen LogP contribution in [0.15, 0.2) is 29.3 Å². The van der Waals surface area contributed by atoms with Gasteiger partial charge in [0, 0.05) is 6.54 Å². The zero-order chi connectivity index (χ0) is 12.4. The normalized spacial score (nSPS) is 10.6. The number of rotatable bonds is 3. The summed E-state index contributed by atoms with van der Waals surface area (Å²) in [5.41, 5.74) is 1.41. The minimum atomic E-state index is -0.929. The lowest BCUT2D eigenvalue weighted by molar-refractivity contribution is -0.137. The summed E-state index contributed by atoms with van der Waals surface area (Å²) in [6, 6.07) is 5.38. The highest BCUT2D eigenvalue weighted by molar-refractivity contribution is 5.80. The topological polar surface area (TPSA) is 72.2 Å². The third kappa shape index (κ3) is 2.18. The van der Waals surface area contributed by atoms with E-state index in [9.17, 15) is 9.59 Å². The number of aryl methyl sites for hydroxylation is 2. The van der Waals surface area contributed by atoms with Crippen LogP contribution in [0.2, 0.25) is 0 Å². The van der Waals surface area contributed by atoms with Crippen molar-refractivity contribution in [1.29, 1.82) is 0 Å². The highest BCUT2D eigenvalue weighted by Crippen LogP contribution is 2.11. The number of carboxylic acids is 1. The Morgan fingerprint density at radius 3 is 2.94 bits per heavy atom. The maximum Gasteiger partial charge on any atom is 0.305 e. The van der Waals surface area contributed by atoms with Crippen molar-refractivity contribution in [2.24, 2.45) is 0 Å². The van der Waals surface area contributed by atoms with Crippen molar-refractivity contribution >= 4 is 16.9 Å². The van der Waals surface area contributed by atoms with Crippen LogP contribution in [0.1, 0.15) is 12.0 Å². The maximum atomic E-state index is 12.0. The van der Waals surface area contributed by atoms with Gasteiger partial charge in [0.05, 0.1) is 23.7 Å². The fraction of sp³-hybridized carbons (Fsp3) is 0.250.